The molecule has 1 aliphatic heterocycles. The molecule has 0 saturated heterocycles. The monoisotopic (exact) mass is 441 g/mol. The van der Waals surface area contributed by atoms with E-state index >= 15 is 0 Å². The van der Waals surface area contributed by atoms with Gasteiger partial charge in [0, 0.05) is 33.7 Å². The predicted octanol–water partition coefficient (Wildman–Crippen LogP) is 4.99. The number of ether oxygens (including phenoxy) is 1. The van der Waals surface area contributed by atoms with Crippen molar-refractivity contribution in [1.29, 1.82) is 0 Å². The zero-order chi connectivity index (χ0) is 22.1. The number of aromatic nitrogens is 1. The number of carbonyl (C=O) groups is 1. The smallest absolute Gasteiger partial charge is 0.319 e. The molecular weight excluding hydrogens is 417 g/mol. The first-order chi connectivity index (χ1) is 14.6. The van der Waals surface area contributed by atoms with E-state index in [4.69, 9.17) is 4.74 Å². The summed E-state index contributed by atoms with van der Waals surface area (Å²) in [5.41, 5.74) is 2.88. The van der Waals surface area contributed by atoms with Crippen molar-refractivity contribution >= 4 is 29.5 Å². The minimum absolute atomic E-state index is 0.111. The molecule has 5 nitrogen and oxygen atoms in total. The van der Waals surface area contributed by atoms with Gasteiger partial charge in [-0.3, -0.25) is 4.79 Å². The third-order valence-electron chi connectivity index (χ3n) is 6.83. The van der Waals surface area contributed by atoms with Crippen LogP contribution in [0, 0.1) is 11.7 Å². The second-order valence-electron chi connectivity index (χ2n) is 9.24. The lowest BCUT2D eigenvalue weighted by atomic mass is 9.66. The molecule has 5 rings (SSSR count). The topological polar surface area (TPSA) is 71.7 Å². The first-order valence-electron chi connectivity index (χ1n) is 10.4. The number of carboxylic acids is 1. The molecule has 7 heteroatoms. The van der Waals surface area contributed by atoms with Crippen molar-refractivity contribution in [3.8, 4) is 11.4 Å². The van der Waals surface area contributed by atoms with E-state index in [2.05, 4.69) is 26.5 Å². The lowest BCUT2D eigenvalue weighted by Gasteiger charge is -2.49. The maximum absolute atomic E-state index is 13.6. The van der Waals surface area contributed by atoms with E-state index in [0.29, 0.717) is 24.8 Å². The Bertz CT molecular complexity index is 1200. The van der Waals surface area contributed by atoms with E-state index in [-0.39, 0.29) is 17.5 Å². The summed E-state index contributed by atoms with van der Waals surface area (Å²) in [5.74, 6) is -1.49. The molecule has 0 spiro atoms. The van der Waals surface area contributed by atoms with Crippen LogP contribution in [0.5, 0.6) is 5.75 Å². The highest BCUT2D eigenvalue weighted by atomic mass is 32.1. The Balaban J connectivity index is 1.83. The molecule has 2 N–H and O–H groups in total. The number of benzene rings is 2. The van der Waals surface area contributed by atoms with Gasteiger partial charge in [-0.05, 0) is 49.2 Å². The van der Waals surface area contributed by atoms with E-state index in [1.165, 1.54) is 12.1 Å². The van der Waals surface area contributed by atoms with E-state index in [9.17, 15) is 19.4 Å². The molecule has 2 heterocycles. The molecule has 1 saturated carbocycles. The van der Waals surface area contributed by atoms with Gasteiger partial charge in [0.15, 0.2) is 0 Å². The second-order valence-corrected chi connectivity index (χ2v) is 10.0. The number of hydrogen-bond donors (Lipinski definition) is 3. The maximum atomic E-state index is 13.6. The van der Waals surface area contributed by atoms with Crippen LogP contribution in [0.4, 0.5) is 4.39 Å². The fourth-order valence-electron chi connectivity index (χ4n) is 5.17. The van der Waals surface area contributed by atoms with Gasteiger partial charge < -0.3 is 19.5 Å². The van der Waals surface area contributed by atoms with Crippen molar-refractivity contribution in [2.24, 2.45) is 5.92 Å². The Hall–Kier alpha value is -2.51. The zero-order valence-electron chi connectivity index (χ0n) is 17.3. The van der Waals surface area contributed by atoms with Gasteiger partial charge in [-0.15, -0.1) is 0 Å². The largest absolute Gasteiger partial charge is 0.507 e. The van der Waals surface area contributed by atoms with Gasteiger partial charge in [0.1, 0.15) is 16.3 Å². The number of thiol groups is 1. The minimum Gasteiger partial charge on any atom is -0.507 e. The first kappa shape index (κ1) is 20.4. The summed E-state index contributed by atoms with van der Waals surface area (Å²) in [7, 11) is 0. The molecule has 1 aromatic heterocycles. The first-order valence-corrected chi connectivity index (χ1v) is 10.8. The fraction of sp³-hybridized carbons (Fsp3) is 0.375. The Morgan fingerprint density at radius 1 is 1.23 bits per heavy atom. The Kier molecular flexibility index (Phi) is 4.44. The molecule has 0 radical (unpaired) electrons. The number of nitrogens with zero attached hydrogens (tertiary/aromatic N) is 1. The Labute approximate surface area is 184 Å². The summed E-state index contributed by atoms with van der Waals surface area (Å²) in [6.07, 6.45) is 0.636. The molecule has 162 valence electrons. The lowest BCUT2D eigenvalue weighted by Crippen LogP contribution is -2.53. The molecule has 1 aliphatic carbocycles. The van der Waals surface area contributed by atoms with Crippen molar-refractivity contribution in [2.75, 3.05) is 6.61 Å². The number of phenolic OH excluding ortho intramolecular Hbond substituents is 1. The zero-order valence-corrected chi connectivity index (χ0v) is 18.2. The quantitative estimate of drug-likeness (QED) is 0.501. The number of aliphatic carboxylic acids is 1. The van der Waals surface area contributed by atoms with Crippen molar-refractivity contribution in [3.05, 3.63) is 59.5 Å². The van der Waals surface area contributed by atoms with Crippen molar-refractivity contribution < 1.29 is 24.1 Å². The van der Waals surface area contributed by atoms with Gasteiger partial charge >= 0.3 is 5.97 Å². The van der Waals surface area contributed by atoms with Crippen LogP contribution in [0.3, 0.4) is 0 Å². The van der Waals surface area contributed by atoms with E-state index in [1.807, 2.05) is 10.6 Å². The number of rotatable bonds is 3. The second kappa shape index (κ2) is 6.74. The molecule has 0 amide bonds. The average Bonchev–Trinajstić information content (AvgIpc) is 3.07. The van der Waals surface area contributed by atoms with E-state index in [0.717, 1.165) is 22.5 Å². The van der Waals surface area contributed by atoms with Crippen LogP contribution in [0.25, 0.3) is 16.6 Å². The van der Waals surface area contributed by atoms with Crippen molar-refractivity contribution in [3.63, 3.8) is 0 Å². The number of aromatic hydroxyl groups is 1. The summed E-state index contributed by atoms with van der Waals surface area (Å²) in [5, 5.41) is 21.3. The van der Waals surface area contributed by atoms with Gasteiger partial charge in [-0.25, -0.2) is 4.39 Å². The van der Waals surface area contributed by atoms with Crippen LogP contribution in [0.2, 0.25) is 0 Å². The van der Waals surface area contributed by atoms with E-state index < -0.39 is 22.2 Å². The molecule has 3 aromatic rings. The van der Waals surface area contributed by atoms with Gasteiger partial charge in [-0.2, -0.15) is 12.6 Å². The summed E-state index contributed by atoms with van der Waals surface area (Å²) in [6, 6.07) is 11.6. The number of hydrogen-bond acceptors (Lipinski definition) is 4. The van der Waals surface area contributed by atoms with Crippen LogP contribution in [-0.2, 0) is 14.9 Å². The van der Waals surface area contributed by atoms with Crippen LogP contribution < -0.4 is 0 Å². The summed E-state index contributed by atoms with van der Waals surface area (Å²) >= 11 is 4.53. The predicted molar refractivity (Wildman–Crippen MR) is 119 cm³/mol. The number of phenols is 1. The summed E-state index contributed by atoms with van der Waals surface area (Å²) in [4.78, 5) is 12.0. The van der Waals surface area contributed by atoms with Gasteiger partial charge in [-0.1, -0.05) is 19.9 Å². The summed E-state index contributed by atoms with van der Waals surface area (Å²) < 4.78 is 20.8. The highest BCUT2D eigenvalue weighted by Gasteiger charge is 2.57. The minimum atomic E-state index is -1.17. The van der Waals surface area contributed by atoms with Gasteiger partial charge in [0.2, 0.25) is 0 Å². The molecule has 3 unspecified atom stereocenters. The fourth-order valence-corrected chi connectivity index (χ4v) is 5.56. The molecule has 0 bridgehead atoms. The van der Waals surface area contributed by atoms with Crippen LogP contribution in [0.15, 0.2) is 42.5 Å². The van der Waals surface area contributed by atoms with E-state index in [1.54, 1.807) is 24.3 Å². The van der Waals surface area contributed by atoms with Gasteiger partial charge in [0.25, 0.3) is 0 Å². The van der Waals surface area contributed by atoms with Crippen LogP contribution in [-0.4, -0.2) is 32.1 Å². The molecule has 1 fully saturated rings. The SMILES string of the molecule is CC1(C)COC(C2CCC2(S)C(=O)O)c2c1n(-c1ccc(F)cc1)c1cccc(O)c21. The molecule has 2 aromatic carbocycles. The van der Waals surface area contributed by atoms with Gasteiger partial charge in [0.05, 0.1) is 18.2 Å². The summed E-state index contributed by atoms with van der Waals surface area (Å²) in [6.45, 7) is 4.51. The highest BCUT2D eigenvalue weighted by molar-refractivity contribution is 7.82. The standard InChI is InChI=1S/C24H24FNO4S/c1-23(2)12-30-20(15-10-11-24(15,31)22(28)29)19-18-16(4-3-5-17(18)27)26(21(19)23)14-8-6-13(25)7-9-14/h3-9,15,20,27,31H,10-12H2,1-2H3,(H,28,29). The third kappa shape index (κ3) is 2.83. The Morgan fingerprint density at radius 2 is 1.94 bits per heavy atom. The van der Waals surface area contributed by atoms with Crippen molar-refractivity contribution in [1.82, 2.24) is 4.57 Å². The Morgan fingerprint density at radius 3 is 2.55 bits per heavy atom. The maximum Gasteiger partial charge on any atom is 0.319 e. The average molecular weight is 442 g/mol. The highest BCUT2D eigenvalue weighted by Crippen LogP contribution is 2.57. The number of halogens is 1. The third-order valence-corrected chi connectivity index (χ3v) is 7.58. The normalized spacial score (nSPS) is 27.0. The van der Waals surface area contributed by atoms with Crippen LogP contribution in [0.1, 0.15) is 44.1 Å². The lowest BCUT2D eigenvalue weighted by molar-refractivity contribution is -0.150. The van der Waals surface area contributed by atoms with Crippen molar-refractivity contribution in [2.45, 2.75) is 43.0 Å². The van der Waals surface area contributed by atoms with Crippen LogP contribution >= 0.6 is 12.6 Å². The molecule has 2 aliphatic rings. The molecule has 3 atom stereocenters. The number of carboxylic acid groups (broad SMARTS) is 1. The molecule has 31 heavy (non-hydrogen) atoms. The number of fused-ring (bicyclic) bond motifs is 3. The molecular formula is C24H24FNO4S.